The molecule has 27 heavy (non-hydrogen) atoms. The highest BCUT2D eigenvalue weighted by molar-refractivity contribution is 9.10. The summed E-state index contributed by atoms with van der Waals surface area (Å²) in [7, 11) is 1.54. The second-order valence-corrected chi connectivity index (χ2v) is 7.43. The van der Waals surface area contributed by atoms with Gasteiger partial charge in [0.05, 0.1) is 0 Å². The molecule has 2 rings (SSSR count). The normalized spacial score (nSPS) is 11.6. The SMILES string of the molecule is CNC(=O)[C@H](C)N(Cc1cccc(Cl)c1)C(=O)COc1ccc(Br)c(C)c1. The van der Waals surface area contributed by atoms with Crippen LogP contribution in [0.3, 0.4) is 0 Å². The van der Waals surface area contributed by atoms with Gasteiger partial charge in [0.25, 0.3) is 5.91 Å². The Bertz CT molecular complexity index is 829. The number of rotatable bonds is 7. The molecule has 0 aliphatic carbocycles. The number of amides is 2. The fourth-order valence-electron chi connectivity index (χ4n) is 2.56. The maximum absolute atomic E-state index is 12.8. The van der Waals surface area contributed by atoms with Crippen molar-refractivity contribution < 1.29 is 14.3 Å². The molecule has 1 N–H and O–H groups in total. The van der Waals surface area contributed by atoms with Crippen LogP contribution in [0.4, 0.5) is 0 Å². The Morgan fingerprint density at radius 2 is 2.00 bits per heavy atom. The van der Waals surface area contributed by atoms with Crippen molar-refractivity contribution in [1.82, 2.24) is 10.2 Å². The van der Waals surface area contributed by atoms with Gasteiger partial charge in [-0.3, -0.25) is 9.59 Å². The topological polar surface area (TPSA) is 58.6 Å². The van der Waals surface area contributed by atoms with Crippen LogP contribution < -0.4 is 10.1 Å². The van der Waals surface area contributed by atoms with E-state index in [1.165, 1.54) is 4.90 Å². The lowest BCUT2D eigenvalue weighted by molar-refractivity contribution is -0.142. The third-order valence-electron chi connectivity index (χ3n) is 4.15. The van der Waals surface area contributed by atoms with Gasteiger partial charge in [-0.05, 0) is 55.3 Å². The molecule has 2 aromatic carbocycles. The van der Waals surface area contributed by atoms with Crippen LogP contribution in [0.25, 0.3) is 0 Å². The summed E-state index contributed by atoms with van der Waals surface area (Å²) in [6.45, 7) is 3.72. The van der Waals surface area contributed by atoms with Crippen LogP contribution in [0, 0.1) is 6.92 Å². The number of nitrogens with zero attached hydrogens (tertiary/aromatic N) is 1. The van der Waals surface area contributed by atoms with Crippen LogP contribution >= 0.6 is 27.5 Å². The number of ether oxygens (including phenoxy) is 1. The fourth-order valence-corrected chi connectivity index (χ4v) is 3.02. The van der Waals surface area contributed by atoms with E-state index in [-0.39, 0.29) is 25.0 Å². The van der Waals surface area contributed by atoms with E-state index in [1.54, 1.807) is 32.2 Å². The fraction of sp³-hybridized carbons (Fsp3) is 0.300. The Hall–Kier alpha value is -2.05. The van der Waals surface area contributed by atoms with Crippen molar-refractivity contribution in [2.45, 2.75) is 26.4 Å². The molecule has 5 nitrogen and oxygen atoms in total. The highest BCUT2D eigenvalue weighted by Crippen LogP contribution is 2.22. The minimum Gasteiger partial charge on any atom is -0.484 e. The number of aryl methyl sites for hydroxylation is 1. The van der Waals surface area contributed by atoms with Gasteiger partial charge < -0.3 is 15.0 Å². The number of hydrogen-bond donors (Lipinski definition) is 1. The van der Waals surface area contributed by atoms with E-state index in [9.17, 15) is 9.59 Å². The predicted molar refractivity (Wildman–Crippen MR) is 110 cm³/mol. The monoisotopic (exact) mass is 452 g/mol. The Kier molecular flexibility index (Phi) is 7.68. The van der Waals surface area contributed by atoms with Crippen LogP contribution in [0.15, 0.2) is 46.9 Å². The molecule has 0 aliphatic heterocycles. The minimum absolute atomic E-state index is 0.164. The summed E-state index contributed by atoms with van der Waals surface area (Å²) in [5.74, 6) is 0.0656. The first-order valence-corrected chi connectivity index (χ1v) is 9.63. The van der Waals surface area contributed by atoms with Crippen LogP contribution in [-0.4, -0.2) is 36.4 Å². The molecule has 1 atom stereocenters. The molecule has 0 heterocycles. The van der Waals surface area contributed by atoms with E-state index < -0.39 is 6.04 Å². The highest BCUT2D eigenvalue weighted by atomic mass is 79.9. The molecule has 0 saturated carbocycles. The van der Waals surface area contributed by atoms with E-state index in [4.69, 9.17) is 16.3 Å². The van der Waals surface area contributed by atoms with Crippen molar-refractivity contribution in [3.63, 3.8) is 0 Å². The largest absolute Gasteiger partial charge is 0.484 e. The van der Waals surface area contributed by atoms with Crippen LogP contribution in [0.1, 0.15) is 18.1 Å². The Morgan fingerprint density at radius 3 is 2.63 bits per heavy atom. The number of carbonyl (C=O) groups excluding carboxylic acids is 2. The van der Waals surface area contributed by atoms with Crippen LogP contribution in [0.5, 0.6) is 5.75 Å². The summed E-state index contributed by atoms with van der Waals surface area (Å²) < 4.78 is 6.61. The lowest BCUT2D eigenvalue weighted by atomic mass is 10.1. The first-order valence-electron chi connectivity index (χ1n) is 8.46. The zero-order valence-electron chi connectivity index (χ0n) is 15.5. The lowest BCUT2D eigenvalue weighted by Crippen LogP contribution is -2.48. The third-order valence-corrected chi connectivity index (χ3v) is 5.27. The first kappa shape index (κ1) is 21.3. The molecule has 2 aromatic rings. The summed E-state index contributed by atoms with van der Waals surface area (Å²) in [5, 5.41) is 3.16. The molecule has 0 radical (unpaired) electrons. The van der Waals surface area contributed by atoms with E-state index in [0.29, 0.717) is 10.8 Å². The molecular weight excluding hydrogens is 432 g/mol. The number of halogens is 2. The van der Waals surface area contributed by atoms with Gasteiger partial charge in [0.1, 0.15) is 11.8 Å². The Balaban J connectivity index is 2.14. The molecule has 0 aromatic heterocycles. The average molecular weight is 454 g/mol. The Morgan fingerprint density at radius 1 is 1.26 bits per heavy atom. The molecule has 0 fully saturated rings. The third kappa shape index (κ3) is 5.97. The second-order valence-electron chi connectivity index (χ2n) is 6.14. The smallest absolute Gasteiger partial charge is 0.261 e. The highest BCUT2D eigenvalue weighted by Gasteiger charge is 2.26. The maximum Gasteiger partial charge on any atom is 0.261 e. The second kappa shape index (κ2) is 9.76. The zero-order valence-corrected chi connectivity index (χ0v) is 17.8. The average Bonchev–Trinajstić information content (AvgIpc) is 2.65. The van der Waals surface area contributed by atoms with Gasteiger partial charge in [-0.25, -0.2) is 0 Å². The molecule has 0 saturated heterocycles. The lowest BCUT2D eigenvalue weighted by Gasteiger charge is -2.28. The first-order chi connectivity index (χ1) is 12.8. The molecule has 0 spiro atoms. The molecule has 0 bridgehead atoms. The molecular formula is C20H22BrClN2O3. The Labute approximate surface area is 172 Å². The molecule has 0 aliphatic rings. The van der Waals surface area contributed by atoms with Crippen LogP contribution in [0.2, 0.25) is 5.02 Å². The molecule has 2 amide bonds. The molecule has 0 unspecified atom stereocenters. The van der Waals surface area contributed by atoms with Gasteiger partial charge in [-0.15, -0.1) is 0 Å². The summed E-state index contributed by atoms with van der Waals surface area (Å²) in [6, 6.07) is 12.1. The van der Waals surface area contributed by atoms with E-state index in [2.05, 4.69) is 21.2 Å². The predicted octanol–water partition coefficient (Wildman–Crippen LogP) is 3.95. The van der Waals surface area contributed by atoms with Crippen molar-refractivity contribution in [2.75, 3.05) is 13.7 Å². The van der Waals surface area contributed by atoms with Gasteiger partial charge >= 0.3 is 0 Å². The number of nitrogens with one attached hydrogen (secondary N) is 1. The van der Waals surface area contributed by atoms with Gasteiger partial charge in [0.15, 0.2) is 6.61 Å². The maximum atomic E-state index is 12.8. The van der Waals surface area contributed by atoms with E-state index >= 15 is 0 Å². The van der Waals surface area contributed by atoms with Crippen molar-refractivity contribution in [2.24, 2.45) is 0 Å². The summed E-state index contributed by atoms with van der Waals surface area (Å²) in [5.41, 5.74) is 1.85. The molecule has 7 heteroatoms. The number of likely N-dealkylation sites (N-methyl/N-ethyl adjacent to an activating group) is 1. The van der Waals surface area contributed by atoms with Gasteiger partial charge in [-0.1, -0.05) is 39.7 Å². The summed E-state index contributed by atoms with van der Waals surface area (Å²) in [4.78, 5) is 26.4. The minimum atomic E-state index is -0.642. The summed E-state index contributed by atoms with van der Waals surface area (Å²) in [6.07, 6.45) is 0. The van der Waals surface area contributed by atoms with Crippen molar-refractivity contribution in [3.05, 3.63) is 63.1 Å². The van der Waals surface area contributed by atoms with Crippen molar-refractivity contribution >= 4 is 39.3 Å². The number of benzene rings is 2. The van der Waals surface area contributed by atoms with Gasteiger partial charge in [0, 0.05) is 23.1 Å². The zero-order chi connectivity index (χ0) is 20.0. The van der Waals surface area contributed by atoms with E-state index in [1.807, 2.05) is 31.2 Å². The van der Waals surface area contributed by atoms with Crippen molar-refractivity contribution in [1.29, 1.82) is 0 Å². The standard InChI is InChI=1S/C20H22BrClN2O3/c1-13-9-17(7-8-18(13)21)27-12-19(25)24(14(2)20(26)23-3)11-15-5-4-6-16(22)10-15/h4-10,14H,11-12H2,1-3H3,(H,23,26)/t14-/m0/s1. The van der Waals surface area contributed by atoms with Gasteiger partial charge in [0.2, 0.25) is 5.91 Å². The quantitative estimate of drug-likeness (QED) is 0.690. The van der Waals surface area contributed by atoms with E-state index in [0.717, 1.165) is 15.6 Å². The molecule has 144 valence electrons. The van der Waals surface area contributed by atoms with Crippen LogP contribution in [-0.2, 0) is 16.1 Å². The van der Waals surface area contributed by atoms with Gasteiger partial charge in [-0.2, -0.15) is 0 Å². The summed E-state index contributed by atoms with van der Waals surface area (Å²) >= 11 is 9.47. The van der Waals surface area contributed by atoms with Crippen molar-refractivity contribution in [3.8, 4) is 5.75 Å². The number of hydrogen-bond acceptors (Lipinski definition) is 3. The number of carbonyl (C=O) groups is 2.